The molecule has 0 N–H and O–H groups in total. The monoisotopic (exact) mass is 942 g/mol. The van der Waals surface area contributed by atoms with Gasteiger partial charge in [-0.05, 0) is 107 Å². The van der Waals surface area contributed by atoms with E-state index >= 15 is 0 Å². The van der Waals surface area contributed by atoms with Gasteiger partial charge in [0, 0.05) is 43.8 Å². The van der Waals surface area contributed by atoms with Crippen LogP contribution in [0.25, 0.3) is 123 Å². The molecular formula is C66H38N8. The number of hydrogen-bond acceptors (Lipinski definition) is 6. The minimum Gasteiger partial charge on any atom is -0.309 e. The number of hydrogen-bond donors (Lipinski definition) is 0. The zero-order valence-corrected chi connectivity index (χ0v) is 39.5. The van der Waals surface area contributed by atoms with Crippen LogP contribution in [0.1, 0.15) is 16.7 Å². The van der Waals surface area contributed by atoms with Gasteiger partial charge in [-0.1, -0.05) is 152 Å². The van der Waals surface area contributed by atoms with Crippen LogP contribution in [0, 0.1) is 34.0 Å². The highest BCUT2D eigenvalue weighted by Gasteiger charge is 2.25. The van der Waals surface area contributed by atoms with Crippen LogP contribution < -0.4 is 0 Å². The fourth-order valence-corrected chi connectivity index (χ4v) is 10.5. The summed E-state index contributed by atoms with van der Waals surface area (Å²) >= 11 is 0. The maximum Gasteiger partial charge on any atom is 0.166 e. The molecule has 0 aliphatic heterocycles. The third kappa shape index (κ3) is 7.25. The third-order valence-corrected chi connectivity index (χ3v) is 13.9. The molecule has 74 heavy (non-hydrogen) atoms. The summed E-state index contributed by atoms with van der Waals surface area (Å²) in [5.41, 5.74) is 14.6. The van der Waals surface area contributed by atoms with Gasteiger partial charge in [0.05, 0.1) is 68.3 Å². The molecule has 0 unspecified atom stereocenters. The summed E-state index contributed by atoms with van der Waals surface area (Å²) in [6, 6.07) is 84.2. The van der Waals surface area contributed by atoms with Crippen molar-refractivity contribution in [1.82, 2.24) is 24.1 Å². The molecule has 0 spiro atoms. The Bertz CT molecular complexity index is 4210. The summed E-state index contributed by atoms with van der Waals surface area (Å²) in [5.74, 6) is 1.23. The highest BCUT2D eigenvalue weighted by molar-refractivity contribution is 6.11. The SMILES string of the molecule is N#Cc1cccc(-c2ccc(-n3c4ccccc4c4ccccc43)c(-c3nc(-c4ccccc4-c4ccccc4C#N)nc(-c4cc(-c5cccc(C#N)c5)ccc4-n4c5ccccc5c5ccccc54)n3)c2)c1. The zero-order valence-electron chi connectivity index (χ0n) is 39.5. The summed E-state index contributed by atoms with van der Waals surface area (Å²) in [4.78, 5) is 16.7. The van der Waals surface area contributed by atoms with E-state index in [9.17, 15) is 15.8 Å². The molecule has 0 radical (unpaired) electrons. The van der Waals surface area contributed by atoms with Crippen molar-refractivity contribution in [3.8, 4) is 97.1 Å². The van der Waals surface area contributed by atoms with Crippen molar-refractivity contribution in [2.45, 2.75) is 0 Å². The summed E-state index contributed by atoms with van der Waals surface area (Å²) < 4.78 is 4.56. The van der Waals surface area contributed by atoms with E-state index in [1.54, 1.807) is 0 Å². The lowest BCUT2D eigenvalue weighted by Gasteiger charge is -2.19. The van der Waals surface area contributed by atoms with E-state index in [1.807, 2.05) is 97.1 Å². The minimum atomic E-state index is 0.406. The molecule has 3 aromatic heterocycles. The average Bonchev–Trinajstić information content (AvgIpc) is 4.03. The smallest absolute Gasteiger partial charge is 0.166 e. The maximum absolute atomic E-state index is 10.4. The molecule has 0 aliphatic rings. The van der Waals surface area contributed by atoms with Crippen molar-refractivity contribution in [2.24, 2.45) is 0 Å². The number of aromatic nitrogens is 5. The first-order valence-corrected chi connectivity index (χ1v) is 24.2. The first kappa shape index (κ1) is 43.3. The van der Waals surface area contributed by atoms with E-state index in [4.69, 9.17) is 15.0 Å². The molecule has 342 valence electrons. The van der Waals surface area contributed by atoms with Gasteiger partial charge in [0.2, 0.25) is 0 Å². The molecule has 0 amide bonds. The molecule has 0 fully saturated rings. The first-order chi connectivity index (χ1) is 36.6. The van der Waals surface area contributed by atoms with Crippen LogP contribution in [0.3, 0.4) is 0 Å². The van der Waals surface area contributed by atoms with Gasteiger partial charge in [-0.2, -0.15) is 15.8 Å². The van der Waals surface area contributed by atoms with Crippen LogP contribution in [-0.4, -0.2) is 24.1 Å². The molecule has 0 aliphatic carbocycles. The Morgan fingerprint density at radius 1 is 0.284 bits per heavy atom. The van der Waals surface area contributed by atoms with Crippen LogP contribution in [0.4, 0.5) is 0 Å². The molecule has 8 heteroatoms. The van der Waals surface area contributed by atoms with Gasteiger partial charge in [-0.3, -0.25) is 0 Å². The third-order valence-electron chi connectivity index (χ3n) is 13.9. The Morgan fingerprint density at radius 3 is 1.08 bits per heavy atom. The second kappa shape index (κ2) is 17.9. The van der Waals surface area contributed by atoms with Gasteiger partial charge in [-0.15, -0.1) is 0 Å². The predicted molar refractivity (Wildman–Crippen MR) is 295 cm³/mol. The van der Waals surface area contributed by atoms with Gasteiger partial charge < -0.3 is 9.13 Å². The van der Waals surface area contributed by atoms with Crippen molar-refractivity contribution in [2.75, 3.05) is 0 Å². The Kier molecular flexibility index (Phi) is 10.5. The Balaban J connectivity index is 1.17. The first-order valence-electron chi connectivity index (χ1n) is 24.2. The second-order valence-corrected chi connectivity index (χ2v) is 18.1. The lowest BCUT2D eigenvalue weighted by atomic mass is 9.95. The number of benzene rings is 10. The summed E-state index contributed by atoms with van der Waals surface area (Å²) in [5, 5.41) is 34.9. The van der Waals surface area contributed by atoms with E-state index in [2.05, 4.69) is 161 Å². The maximum atomic E-state index is 10.4. The zero-order chi connectivity index (χ0) is 49.7. The highest BCUT2D eigenvalue weighted by atomic mass is 15.1. The van der Waals surface area contributed by atoms with Crippen LogP contribution in [0.15, 0.2) is 231 Å². The van der Waals surface area contributed by atoms with E-state index in [0.29, 0.717) is 39.7 Å². The molecule has 0 saturated heterocycles. The van der Waals surface area contributed by atoms with Crippen molar-refractivity contribution >= 4 is 43.6 Å². The highest BCUT2D eigenvalue weighted by Crippen LogP contribution is 2.42. The van der Waals surface area contributed by atoms with E-state index in [-0.39, 0.29) is 0 Å². The molecule has 13 rings (SSSR count). The van der Waals surface area contributed by atoms with Crippen LogP contribution in [-0.2, 0) is 0 Å². The standard InChI is InChI=1S/C66H38N8/c67-39-42-15-13-18-44(35-42)46-31-33-62(73-58-27-9-5-22-51(58)52-23-6-10-28-59(52)73)56(37-46)65-70-64(55-26-4-3-21-50(55)49-20-2-1-17-48(49)41-69)71-66(72-65)57-38-47(45-19-14-16-43(36-45)40-68)32-34-63(57)74-60-29-11-7-24-53(60)54-25-8-12-30-61(54)74/h1-38H. The summed E-state index contributed by atoms with van der Waals surface area (Å²) in [7, 11) is 0. The largest absolute Gasteiger partial charge is 0.309 e. The summed E-state index contributed by atoms with van der Waals surface area (Å²) in [6.45, 7) is 0. The van der Waals surface area contributed by atoms with Crippen molar-refractivity contribution in [1.29, 1.82) is 15.8 Å². The Hall–Kier alpha value is -10.7. The topological polar surface area (TPSA) is 120 Å². The van der Waals surface area contributed by atoms with Gasteiger partial charge in [0.15, 0.2) is 17.5 Å². The van der Waals surface area contributed by atoms with Crippen molar-refractivity contribution in [3.63, 3.8) is 0 Å². The lowest BCUT2D eigenvalue weighted by Crippen LogP contribution is -2.06. The number of nitrogens with zero attached hydrogens (tertiary/aromatic N) is 8. The lowest BCUT2D eigenvalue weighted by molar-refractivity contribution is 1.06. The molecule has 10 aromatic carbocycles. The Labute approximate surface area is 425 Å². The quantitative estimate of drug-likeness (QED) is 0.150. The fourth-order valence-electron chi connectivity index (χ4n) is 10.5. The predicted octanol–water partition coefficient (Wildman–Crippen LogP) is 15.7. The van der Waals surface area contributed by atoms with E-state index < -0.39 is 0 Å². The second-order valence-electron chi connectivity index (χ2n) is 18.1. The van der Waals surface area contributed by atoms with E-state index in [0.717, 1.165) is 99.5 Å². The van der Waals surface area contributed by atoms with Crippen molar-refractivity contribution < 1.29 is 0 Å². The number of fused-ring (bicyclic) bond motifs is 6. The molecule has 0 saturated carbocycles. The van der Waals surface area contributed by atoms with Crippen LogP contribution >= 0.6 is 0 Å². The van der Waals surface area contributed by atoms with Gasteiger partial charge in [-0.25, -0.2) is 15.0 Å². The average molecular weight is 943 g/mol. The molecule has 8 nitrogen and oxygen atoms in total. The van der Waals surface area contributed by atoms with Crippen LogP contribution in [0.2, 0.25) is 0 Å². The van der Waals surface area contributed by atoms with E-state index in [1.165, 1.54) is 0 Å². The van der Waals surface area contributed by atoms with Gasteiger partial charge >= 0.3 is 0 Å². The summed E-state index contributed by atoms with van der Waals surface area (Å²) in [6.07, 6.45) is 0. The number of nitriles is 3. The molecular weight excluding hydrogens is 905 g/mol. The molecule has 3 heterocycles. The minimum absolute atomic E-state index is 0.406. The molecule has 0 atom stereocenters. The number of rotatable bonds is 8. The fraction of sp³-hybridized carbons (Fsp3) is 0. The van der Waals surface area contributed by atoms with Crippen LogP contribution in [0.5, 0.6) is 0 Å². The Morgan fingerprint density at radius 2 is 0.649 bits per heavy atom. The molecule has 13 aromatic rings. The number of para-hydroxylation sites is 4. The van der Waals surface area contributed by atoms with Gasteiger partial charge in [0.25, 0.3) is 0 Å². The molecule has 0 bridgehead atoms. The van der Waals surface area contributed by atoms with Crippen molar-refractivity contribution in [3.05, 3.63) is 247 Å². The van der Waals surface area contributed by atoms with Gasteiger partial charge in [0.1, 0.15) is 0 Å². The normalized spacial score (nSPS) is 11.2.